The molecule has 21 heavy (non-hydrogen) atoms. The van der Waals surface area contributed by atoms with Crippen LogP contribution in [0.5, 0.6) is 0 Å². The van der Waals surface area contributed by atoms with E-state index in [0.29, 0.717) is 6.54 Å². The molecule has 1 amide bonds. The van der Waals surface area contributed by atoms with Gasteiger partial charge >= 0.3 is 0 Å². The normalized spacial score (nSPS) is 14.5. The highest BCUT2D eigenvalue weighted by Gasteiger charge is 2.23. The van der Waals surface area contributed by atoms with Crippen molar-refractivity contribution in [1.29, 1.82) is 0 Å². The molecule has 1 aliphatic heterocycles. The van der Waals surface area contributed by atoms with Crippen LogP contribution in [-0.4, -0.2) is 19.0 Å². The van der Waals surface area contributed by atoms with E-state index in [1.807, 2.05) is 55.1 Å². The topological polar surface area (TPSA) is 32.3 Å². The first-order valence-electron chi connectivity index (χ1n) is 7.35. The monoisotopic (exact) mass is 280 g/mol. The number of aryl methyl sites for hydroxylation is 1. The lowest BCUT2D eigenvalue weighted by atomic mass is 10.0. The lowest BCUT2D eigenvalue weighted by molar-refractivity contribution is 0.0987. The highest BCUT2D eigenvalue weighted by Crippen LogP contribution is 2.25. The molecule has 0 saturated carbocycles. The van der Waals surface area contributed by atoms with Crippen LogP contribution in [0.2, 0.25) is 0 Å². The third kappa shape index (κ3) is 2.57. The first-order valence-corrected chi connectivity index (χ1v) is 7.35. The van der Waals surface area contributed by atoms with Crippen LogP contribution < -0.4 is 10.2 Å². The molecule has 3 heteroatoms. The zero-order chi connectivity index (χ0) is 14.8. The minimum atomic E-state index is 0.0901. The minimum Gasteiger partial charge on any atom is -0.311 e. The second-order valence-corrected chi connectivity index (χ2v) is 5.51. The molecule has 3 nitrogen and oxygen atoms in total. The molecular formula is C18H20N2O. The molecule has 0 unspecified atom stereocenters. The summed E-state index contributed by atoms with van der Waals surface area (Å²) < 4.78 is 0. The van der Waals surface area contributed by atoms with Crippen molar-refractivity contribution in [2.75, 3.05) is 18.0 Å². The van der Waals surface area contributed by atoms with Crippen molar-refractivity contribution >= 4 is 11.6 Å². The van der Waals surface area contributed by atoms with Crippen LogP contribution in [0, 0.1) is 13.8 Å². The van der Waals surface area contributed by atoms with Gasteiger partial charge in [0.15, 0.2) is 0 Å². The maximum Gasteiger partial charge on any atom is 0.258 e. The molecule has 2 aromatic rings. The van der Waals surface area contributed by atoms with E-state index in [2.05, 4.69) is 11.4 Å². The Hall–Kier alpha value is -2.13. The molecule has 1 N–H and O–H groups in total. The van der Waals surface area contributed by atoms with E-state index < -0.39 is 0 Å². The van der Waals surface area contributed by atoms with Gasteiger partial charge in [0.25, 0.3) is 5.91 Å². The van der Waals surface area contributed by atoms with Crippen LogP contribution in [0.4, 0.5) is 5.69 Å². The molecule has 0 aliphatic carbocycles. The van der Waals surface area contributed by atoms with Gasteiger partial charge in [-0.1, -0.05) is 30.3 Å². The van der Waals surface area contributed by atoms with Crippen molar-refractivity contribution in [3.8, 4) is 0 Å². The second-order valence-electron chi connectivity index (χ2n) is 5.51. The molecule has 2 aromatic carbocycles. The molecule has 108 valence electrons. The number of hydrogen-bond donors (Lipinski definition) is 1. The standard InChI is InChI=1S/C18H20N2O/c1-13-6-5-8-16(14(13)2)18(21)20-11-10-19-12-15-7-3-4-9-17(15)20/h3-9,19H,10-12H2,1-2H3. The van der Waals surface area contributed by atoms with Gasteiger partial charge in [-0.25, -0.2) is 0 Å². The quantitative estimate of drug-likeness (QED) is 0.870. The van der Waals surface area contributed by atoms with E-state index in [1.54, 1.807) is 0 Å². The van der Waals surface area contributed by atoms with Crippen LogP contribution in [0.15, 0.2) is 42.5 Å². The highest BCUT2D eigenvalue weighted by atomic mass is 16.2. The summed E-state index contributed by atoms with van der Waals surface area (Å²) in [6, 6.07) is 14.1. The Morgan fingerprint density at radius 1 is 1.10 bits per heavy atom. The number of carbonyl (C=O) groups excluding carboxylic acids is 1. The van der Waals surface area contributed by atoms with Crippen LogP contribution in [0.3, 0.4) is 0 Å². The number of carbonyl (C=O) groups is 1. The van der Waals surface area contributed by atoms with E-state index in [4.69, 9.17) is 0 Å². The average molecular weight is 280 g/mol. The number of fused-ring (bicyclic) bond motifs is 1. The van der Waals surface area contributed by atoms with E-state index in [9.17, 15) is 4.79 Å². The summed E-state index contributed by atoms with van der Waals surface area (Å²) in [5.74, 6) is 0.0901. The van der Waals surface area contributed by atoms with Gasteiger partial charge in [0.2, 0.25) is 0 Å². The molecule has 0 saturated heterocycles. The summed E-state index contributed by atoms with van der Waals surface area (Å²) in [6.07, 6.45) is 0. The van der Waals surface area contributed by atoms with Gasteiger partial charge in [0.1, 0.15) is 0 Å². The Balaban J connectivity index is 2.03. The predicted molar refractivity (Wildman–Crippen MR) is 85.7 cm³/mol. The van der Waals surface area contributed by atoms with Crippen molar-refractivity contribution in [1.82, 2.24) is 5.32 Å². The Morgan fingerprint density at radius 2 is 1.90 bits per heavy atom. The van der Waals surface area contributed by atoms with Gasteiger partial charge in [-0.3, -0.25) is 4.79 Å². The average Bonchev–Trinajstić information content (AvgIpc) is 2.72. The maximum absolute atomic E-state index is 13.0. The first kappa shape index (κ1) is 13.8. The Morgan fingerprint density at radius 3 is 2.76 bits per heavy atom. The van der Waals surface area contributed by atoms with Crippen molar-refractivity contribution in [2.24, 2.45) is 0 Å². The summed E-state index contributed by atoms with van der Waals surface area (Å²) in [6.45, 7) is 6.38. The highest BCUT2D eigenvalue weighted by molar-refractivity contribution is 6.07. The molecule has 0 spiro atoms. The molecule has 0 fully saturated rings. The smallest absolute Gasteiger partial charge is 0.258 e. The number of para-hydroxylation sites is 1. The fraction of sp³-hybridized carbons (Fsp3) is 0.278. The number of rotatable bonds is 1. The Bertz CT molecular complexity index is 679. The fourth-order valence-corrected chi connectivity index (χ4v) is 2.80. The lowest BCUT2D eigenvalue weighted by Gasteiger charge is -2.23. The third-order valence-corrected chi connectivity index (χ3v) is 4.19. The summed E-state index contributed by atoms with van der Waals surface area (Å²) in [5.41, 5.74) is 5.22. The van der Waals surface area contributed by atoms with Crippen molar-refractivity contribution in [3.63, 3.8) is 0 Å². The zero-order valence-electron chi connectivity index (χ0n) is 12.5. The van der Waals surface area contributed by atoms with E-state index in [0.717, 1.165) is 35.5 Å². The molecule has 0 radical (unpaired) electrons. The van der Waals surface area contributed by atoms with Crippen molar-refractivity contribution in [3.05, 3.63) is 64.7 Å². The molecule has 0 atom stereocenters. The minimum absolute atomic E-state index is 0.0901. The lowest BCUT2D eigenvalue weighted by Crippen LogP contribution is -2.35. The molecule has 1 heterocycles. The van der Waals surface area contributed by atoms with E-state index in [1.165, 1.54) is 5.56 Å². The maximum atomic E-state index is 13.0. The van der Waals surface area contributed by atoms with E-state index in [-0.39, 0.29) is 5.91 Å². The fourth-order valence-electron chi connectivity index (χ4n) is 2.80. The van der Waals surface area contributed by atoms with Gasteiger partial charge in [0, 0.05) is 30.9 Å². The van der Waals surface area contributed by atoms with Crippen LogP contribution in [-0.2, 0) is 6.54 Å². The predicted octanol–water partition coefficient (Wildman–Crippen LogP) is 3.05. The summed E-state index contributed by atoms with van der Waals surface area (Å²) in [4.78, 5) is 14.9. The van der Waals surface area contributed by atoms with Gasteiger partial charge in [-0.2, -0.15) is 0 Å². The van der Waals surface area contributed by atoms with Crippen LogP contribution in [0.1, 0.15) is 27.0 Å². The molecule has 3 rings (SSSR count). The SMILES string of the molecule is Cc1cccc(C(=O)N2CCNCc3ccccc32)c1C. The number of benzene rings is 2. The summed E-state index contributed by atoms with van der Waals surface area (Å²) in [5, 5.41) is 3.37. The number of anilines is 1. The summed E-state index contributed by atoms with van der Waals surface area (Å²) in [7, 11) is 0. The molecule has 1 aliphatic rings. The second kappa shape index (κ2) is 5.70. The van der Waals surface area contributed by atoms with Crippen molar-refractivity contribution in [2.45, 2.75) is 20.4 Å². The van der Waals surface area contributed by atoms with Gasteiger partial charge in [0.05, 0.1) is 0 Å². The van der Waals surface area contributed by atoms with Gasteiger partial charge in [-0.05, 0) is 42.7 Å². The van der Waals surface area contributed by atoms with Gasteiger partial charge in [-0.15, -0.1) is 0 Å². The van der Waals surface area contributed by atoms with Gasteiger partial charge < -0.3 is 10.2 Å². The molecule has 0 aromatic heterocycles. The number of amides is 1. The zero-order valence-corrected chi connectivity index (χ0v) is 12.5. The Kier molecular flexibility index (Phi) is 3.76. The van der Waals surface area contributed by atoms with Crippen LogP contribution in [0.25, 0.3) is 0 Å². The largest absolute Gasteiger partial charge is 0.311 e. The Labute approximate surface area is 125 Å². The summed E-state index contributed by atoms with van der Waals surface area (Å²) >= 11 is 0. The first-order chi connectivity index (χ1) is 10.2. The third-order valence-electron chi connectivity index (χ3n) is 4.19. The van der Waals surface area contributed by atoms with Crippen molar-refractivity contribution < 1.29 is 4.79 Å². The number of nitrogens with zero attached hydrogens (tertiary/aromatic N) is 1. The molecule has 0 bridgehead atoms. The van der Waals surface area contributed by atoms with E-state index >= 15 is 0 Å². The molecular weight excluding hydrogens is 260 g/mol. The number of hydrogen-bond acceptors (Lipinski definition) is 2. The van der Waals surface area contributed by atoms with Crippen LogP contribution >= 0.6 is 0 Å². The number of nitrogens with one attached hydrogen (secondary N) is 1.